The van der Waals surface area contributed by atoms with Gasteiger partial charge in [-0.25, -0.2) is 4.79 Å². The normalized spacial score (nSPS) is 22.6. The Hall–Kier alpha value is -0.970. The molecule has 5 heteroatoms. The molecule has 0 amide bonds. The van der Waals surface area contributed by atoms with Crippen LogP contribution in [0.25, 0.3) is 0 Å². The van der Waals surface area contributed by atoms with Crippen LogP contribution in [0.2, 0.25) is 0 Å². The number of esters is 1. The fourth-order valence-electron chi connectivity index (χ4n) is 1.04. The fourth-order valence-corrected chi connectivity index (χ4v) is 1.63. The Kier molecular flexibility index (Phi) is 2.98. The second kappa shape index (κ2) is 3.83. The van der Waals surface area contributed by atoms with Crippen LogP contribution in [0.5, 0.6) is 0 Å². The standard InChI is InChI=1S/C8H9BrO4/c1-13-8(12)5-2-4(10)3-6(9)7(5)11/h3,6,10-11H,2H2,1H3. The smallest absolute Gasteiger partial charge is 0.337 e. The van der Waals surface area contributed by atoms with E-state index in [1.807, 2.05) is 0 Å². The minimum Gasteiger partial charge on any atom is -0.512 e. The lowest BCUT2D eigenvalue weighted by atomic mass is 10.0. The second-order valence-electron chi connectivity index (χ2n) is 2.59. The van der Waals surface area contributed by atoms with Gasteiger partial charge in [0.25, 0.3) is 0 Å². The Morgan fingerprint density at radius 1 is 1.69 bits per heavy atom. The molecule has 0 aliphatic heterocycles. The van der Waals surface area contributed by atoms with Gasteiger partial charge in [-0.2, -0.15) is 0 Å². The number of alkyl halides is 1. The van der Waals surface area contributed by atoms with Crippen LogP contribution in [0.4, 0.5) is 0 Å². The van der Waals surface area contributed by atoms with E-state index in [2.05, 4.69) is 20.7 Å². The van der Waals surface area contributed by atoms with Gasteiger partial charge in [-0.1, -0.05) is 15.9 Å². The number of methoxy groups -OCH3 is 1. The number of aliphatic hydroxyl groups is 2. The third-order valence-electron chi connectivity index (χ3n) is 1.70. The number of rotatable bonds is 1. The number of hydrogen-bond donors (Lipinski definition) is 2. The summed E-state index contributed by atoms with van der Waals surface area (Å²) in [5.41, 5.74) is 0.0874. The molecular weight excluding hydrogens is 240 g/mol. The van der Waals surface area contributed by atoms with Crippen molar-refractivity contribution < 1.29 is 19.7 Å². The van der Waals surface area contributed by atoms with Gasteiger partial charge in [0.15, 0.2) is 0 Å². The third kappa shape index (κ3) is 2.03. The summed E-state index contributed by atoms with van der Waals surface area (Å²) in [6, 6.07) is 0. The van der Waals surface area contributed by atoms with E-state index < -0.39 is 10.8 Å². The van der Waals surface area contributed by atoms with Crippen molar-refractivity contribution in [3.05, 3.63) is 23.2 Å². The molecule has 0 saturated heterocycles. The zero-order valence-corrected chi connectivity index (χ0v) is 8.54. The molecular formula is C8H9BrO4. The predicted octanol–water partition coefficient (Wildman–Crippen LogP) is 1.58. The van der Waals surface area contributed by atoms with E-state index in [0.29, 0.717) is 0 Å². The summed E-state index contributed by atoms with van der Waals surface area (Å²) >= 11 is 3.08. The van der Waals surface area contributed by atoms with Gasteiger partial charge in [-0.3, -0.25) is 0 Å². The van der Waals surface area contributed by atoms with Crippen molar-refractivity contribution in [3.8, 4) is 0 Å². The summed E-state index contributed by atoms with van der Waals surface area (Å²) in [5.74, 6) is -0.689. The number of allylic oxidation sites excluding steroid dienone is 2. The summed E-state index contributed by atoms with van der Waals surface area (Å²) in [7, 11) is 1.22. The van der Waals surface area contributed by atoms with E-state index in [0.717, 1.165) is 0 Å². The summed E-state index contributed by atoms with van der Waals surface area (Å²) in [6.07, 6.45) is 1.43. The monoisotopic (exact) mass is 248 g/mol. The zero-order chi connectivity index (χ0) is 10.0. The Bertz CT molecular complexity index is 293. The van der Waals surface area contributed by atoms with E-state index in [9.17, 15) is 15.0 Å². The predicted molar refractivity (Wildman–Crippen MR) is 49.7 cm³/mol. The molecule has 13 heavy (non-hydrogen) atoms. The molecule has 0 bridgehead atoms. The van der Waals surface area contributed by atoms with Crippen molar-refractivity contribution in [1.29, 1.82) is 0 Å². The number of carbonyl (C=O) groups excluding carboxylic acids is 1. The number of hydrogen-bond acceptors (Lipinski definition) is 4. The van der Waals surface area contributed by atoms with Crippen LogP contribution in [0.3, 0.4) is 0 Å². The molecule has 0 saturated carbocycles. The third-order valence-corrected chi connectivity index (χ3v) is 2.40. The van der Waals surface area contributed by atoms with Gasteiger partial charge in [0.2, 0.25) is 0 Å². The molecule has 4 nitrogen and oxygen atoms in total. The van der Waals surface area contributed by atoms with E-state index >= 15 is 0 Å². The molecule has 2 N–H and O–H groups in total. The molecule has 0 aromatic carbocycles. The molecule has 0 heterocycles. The second-order valence-corrected chi connectivity index (χ2v) is 3.58. The Balaban J connectivity index is 2.95. The van der Waals surface area contributed by atoms with Crippen LogP contribution in [-0.4, -0.2) is 28.1 Å². The Labute approximate surface area is 83.6 Å². The van der Waals surface area contributed by atoms with E-state index in [1.165, 1.54) is 13.2 Å². The zero-order valence-electron chi connectivity index (χ0n) is 6.95. The fraction of sp³-hybridized carbons (Fsp3) is 0.375. The van der Waals surface area contributed by atoms with Crippen molar-refractivity contribution in [2.75, 3.05) is 7.11 Å². The lowest BCUT2D eigenvalue weighted by Crippen LogP contribution is -2.17. The molecule has 1 unspecified atom stereocenters. The highest BCUT2D eigenvalue weighted by Crippen LogP contribution is 2.27. The molecule has 72 valence electrons. The van der Waals surface area contributed by atoms with Gasteiger partial charge in [0.1, 0.15) is 5.76 Å². The van der Waals surface area contributed by atoms with Gasteiger partial charge in [0.05, 0.1) is 23.3 Å². The van der Waals surface area contributed by atoms with Crippen LogP contribution in [-0.2, 0) is 9.53 Å². The quantitative estimate of drug-likeness (QED) is 0.547. The van der Waals surface area contributed by atoms with Gasteiger partial charge < -0.3 is 14.9 Å². The Morgan fingerprint density at radius 2 is 2.31 bits per heavy atom. The molecule has 0 spiro atoms. The molecule has 0 aromatic rings. The molecule has 1 aliphatic rings. The van der Waals surface area contributed by atoms with Crippen molar-refractivity contribution in [1.82, 2.24) is 0 Å². The summed E-state index contributed by atoms with van der Waals surface area (Å²) < 4.78 is 4.44. The molecule has 0 aromatic heterocycles. The van der Waals surface area contributed by atoms with Crippen LogP contribution in [0.1, 0.15) is 6.42 Å². The highest BCUT2D eigenvalue weighted by atomic mass is 79.9. The molecule has 1 aliphatic carbocycles. The molecule has 1 atom stereocenters. The van der Waals surface area contributed by atoms with Crippen LogP contribution in [0.15, 0.2) is 23.2 Å². The number of aliphatic hydroxyl groups excluding tert-OH is 2. The maximum Gasteiger partial charge on any atom is 0.337 e. The molecule has 0 fully saturated rings. The average molecular weight is 249 g/mol. The van der Waals surface area contributed by atoms with Crippen LogP contribution < -0.4 is 0 Å². The van der Waals surface area contributed by atoms with Crippen molar-refractivity contribution in [2.24, 2.45) is 0 Å². The van der Waals surface area contributed by atoms with Gasteiger partial charge in [-0.05, 0) is 6.08 Å². The first-order chi connectivity index (χ1) is 6.06. The van der Waals surface area contributed by atoms with Crippen molar-refractivity contribution in [3.63, 3.8) is 0 Å². The molecule has 0 radical (unpaired) electrons. The summed E-state index contributed by atoms with van der Waals surface area (Å²) in [5, 5.41) is 18.6. The first kappa shape index (κ1) is 10.1. The van der Waals surface area contributed by atoms with Crippen molar-refractivity contribution >= 4 is 21.9 Å². The largest absolute Gasteiger partial charge is 0.512 e. The SMILES string of the molecule is COC(=O)C1=C(O)C(Br)C=C(O)C1. The number of ether oxygens (including phenoxy) is 1. The van der Waals surface area contributed by atoms with Crippen molar-refractivity contribution in [2.45, 2.75) is 11.2 Å². The van der Waals surface area contributed by atoms with E-state index in [4.69, 9.17) is 0 Å². The molecule has 1 rings (SSSR count). The first-order valence-corrected chi connectivity index (χ1v) is 4.52. The average Bonchev–Trinajstić information content (AvgIpc) is 2.10. The van der Waals surface area contributed by atoms with Gasteiger partial charge in [-0.15, -0.1) is 0 Å². The minimum absolute atomic E-state index is 0.0145. The minimum atomic E-state index is -0.624. The summed E-state index contributed by atoms with van der Waals surface area (Å²) in [4.78, 5) is 10.6. The van der Waals surface area contributed by atoms with Crippen LogP contribution in [0, 0.1) is 0 Å². The lowest BCUT2D eigenvalue weighted by Gasteiger charge is -2.16. The maximum absolute atomic E-state index is 11.1. The van der Waals surface area contributed by atoms with E-state index in [1.54, 1.807) is 0 Å². The first-order valence-electron chi connectivity index (χ1n) is 3.60. The number of carbonyl (C=O) groups is 1. The topological polar surface area (TPSA) is 66.8 Å². The van der Waals surface area contributed by atoms with Gasteiger partial charge in [0, 0.05) is 6.42 Å². The Morgan fingerprint density at radius 3 is 2.85 bits per heavy atom. The van der Waals surface area contributed by atoms with Gasteiger partial charge >= 0.3 is 5.97 Å². The highest BCUT2D eigenvalue weighted by Gasteiger charge is 2.25. The maximum atomic E-state index is 11.1. The number of halogens is 1. The summed E-state index contributed by atoms with van der Waals surface area (Å²) in [6.45, 7) is 0. The van der Waals surface area contributed by atoms with E-state index in [-0.39, 0.29) is 23.5 Å². The lowest BCUT2D eigenvalue weighted by molar-refractivity contribution is -0.136. The highest BCUT2D eigenvalue weighted by molar-refractivity contribution is 9.09. The van der Waals surface area contributed by atoms with Crippen LogP contribution >= 0.6 is 15.9 Å².